The van der Waals surface area contributed by atoms with Gasteiger partial charge in [-0.2, -0.15) is 0 Å². The molecule has 0 amide bonds. The maximum absolute atomic E-state index is 5.70. The molecule has 108 valence electrons. The van der Waals surface area contributed by atoms with Gasteiger partial charge in [0.15, 0.2) is 0 Å². The number of hydrogen-bond acceptors (Lipinski definition) is 2. The summed E-state index contributed by atoms with van der Waals surface area (Å²) in [5.74, 6) is 2.84. The third kappa shape index (κ3) is 2.38. The Morgan fingerprint density at radius 1 is 1.11 bits per heavy atom. The highest BCUT2D eigenvalue weighted by Crippen LogP contribution is 2.48. The third-order valence-electron chi connectivity index (χ3n) is 6.14. The van der Waals surface area contributed by atoms with Gasteiger partial charge in [-0.3, -0.25) is 4.90 Å². The molecule has 19 heavy (non-hydrogen) atoms. The van der Waals surface area contributed by atoms with Crippen LogP contribution in [0.25, 0.3) is 0 Å². The van der Waals surface area contributed by atoms with Gasteiger partial charge in [0, 0.05) is 6.04 Å². The van der Waals surface area contributed by atoms with Gasteiger partial charge in [0.2, 0.25) is 0 Å². The van der Waals surface area contributed by atoms with Crippen LogP contribution < -0.4 is 0 Å². The largest absolute Gasteiger partial charge is 0.377 e. The fraction of sp³-hybridized carbons (Fsp3) is 1.00. The summed E-state index contributed by atoms with van der Waals surface area (Å²) in [5, 5.41) is 0. The minimum Gasteiger partial charge on any atom is -0.377 e. The van der Waals surface area contributed by atoms with Gasteiger partial charge in [-0.05, 0) is 45.1 Å². The van der Waals surface area contributed by atoms with E-state index in [1.165, 1.54) is 45.1 Å². The number of ether oxygens (including phenoxy) is 1. The number of piperidine rings is 1. The molecular weight excluding hydrogens is 233 g/mol. The van der Waals surface area contributed by atoms with Gasteiger partial charge in [-0.15, -0.1) is 0 Å². The Morgan fingerprint density at radius 3 is 2.53 bits per heavy atom. The first-order valence-corrected chi connectivity index (χ1v) is 8.48. The maximum atomic E-state index is 5.70. The Kier molecular flexibility index (Phi) is 3.97. The van der Waals surface area contributed by atoms with Crippen molar-refractivity contribution in [2.75, 3.05) is 19.8 Å². The van der Waals surface area contributed by atoms with Crippen LogP contribution in [0.1, 0.15) is 52.4 Å². The van der Waals surface area contributed by atoms with Crippen LogP contribution in [-0.4, -0.2) is 44.1 Å². The second-order valence-electron chi connectivity index (χ2n) is 7.65. The smallest absolute Gasteiger partial charge is 0.105 e. The Balaban J connectivity index is 1.80. The van der Waals surface area contributed by atoms with Crippen LogP contribution in [0.4, 0.5) is 0 Å². The van der Waals surface area contributed by atoms with E-state index in [1.807, 2.05) is 0 Å². The Morgan fingerprint density at radius 2 is 1.89 bits per heavy atom. The fourth-order valence-corrected chi connectivity index (χ4v) is 5.02. The SMILES string of the molecule is BC1CCCC2C(CC1)CCN(C(C)C)C21COC1. The number of likely N-dealkylation sites (tertiary alicyclic amines) is 1. The summed E-state index contributed by atoms with van der Waals surface area (Å²) < 4.78 is 5.70. The van der Waals surface area contributed by atoms with Crippen LogP contribution in [0.2, 0.25) is 5.82 Å². The molecule has 2 heterocycles. The van der Waals surface area contributed by atoms with Crippen molar-refractivity contribution in [3.05, 3.63) is 0 Å². The van der Waals surface area contributed by atoms with Crippen LogP contribution >= 0.6 is 0 Å². The van der Waals surface area contributed by atoms with E-state index in [0.717, 1.165) is 30.9 Å². The first-order valence-electron chi connectivity index (χ1n) is 8.48. The van der Waals surface area contributed by atoms with Gasteiger partial charge in [-0.1, -0.05) is 31.5 Å². The molecule has 3 fully saturated rings. The molecule has 3 rings (SSSR count). The van der Waals surface area contributed by atoms with Crippen molar-refractivity contribution in [3.8, 4) is 0 Å². The molecule has 1 spiro atoms. The Bertz CT molecular complexity index is 316. The monoisotopic (exact) mass is 263 g/mol. The predicted molar refractivity (Wildman–Crippen MR) is 82.4 cm³/mol. The summed E-state index contributed by atoms with van der Waals surface area (Å²) in [5.41, 5.74) is 0.414. The summed E-state index contributed by atoms with van der Waals surface area (Å²) in [6.45, 7) is 8.04. The topological polar surface area (TPSA) is 12.5 Å². The summed E-state index contributed by atoms with van der Waals surface area (Å²) in [6, 6.07) is 0.675. The molecule has 0 aromatic carbocycles. The zero-order valence-electron chi connectivity index (χ0n) is 13.0. The van der Waals surface area contributed by atoms with Gasteiger partial charge in [-0.25, -0.2) is 0 Å². The lowest BCUT2D eigenvalue weighted by atomic mass is 9.62. The number of rotatable bonds is 1. The number of fused-ring (bicyclic) bond motifs is 2. The lowest BCUT2D eigenvalue weighted by Gasteiger charge is -2.61. The Hall–Kier alpha value is -0.0151. The molecule has 1 aliphatic carbocycles. The molecule has 1 saturated carbocycles. The molecule has 0 radical (unpaired) electrons. The highest BCUT2D eigenvalue weighted by molar-refractivity contribution is 6.11. The standard InChI is InChI=1S/C16H30BNO/c1-12(2)18-9-8-13-6-7-14(17)4-3-5-15(13)16(18)10-19-11-16/h12-15H,3-11,17H2,1-2H3. The van der Waals surface area contributed by atoms with Crippen molar-refractivity contribution in [1.29, 1.82) is 0 Å². The van der Waals surface area contributed by atoms with Crippen LogP contribution in [0.15, 0.2) is 0 Å². The molecule has 3 atom stereocenters. The molecule has 2 aliphatic heterocycles. The molecule has 3 unspecified atom stereocenters. The van der Waals surface area contributed by atoms with Gasteiger partial charge >= 0.3 is 0 Å². The molecule has 2 nitrogen and oxygen atoms in total. The minimum atomic E-state index is 0.414. The van der Waals surface area contributed by atoms with Gasteiger partial charge < -0.3 is 4.74 Å². The van der Waals surface area contributed by atoms with Gasteiger partial charge in [0.25, 0.3) is 0 Å². The summed E-state index contributed by atoms with van der Waals surface area (Å²) >= 11 is 0. The summed E-state index contributed by atoms with van der Waals surface area (Å²) in [6.07, 6.45) is 8.69. The van der Waals surface area contributed by atoms with E-state index in [1.54, 1.807) is 0 Å². The van der Waals surface area contributed by atoms with Crippen molar-refractivity contribution in [2.24, 2.45) is 11.8 Å². The first kappa shape index (κ1) is 13.9. The van der Waals surface area contributed by atoms with E-state index in [4.69, 9.17) is 4.74 Å². The fourth-order valence-electron chi connectivity index (χ4n) is 5.02. The molecule has 3 heteroatoms. The van der Waals surface area contributed by atoms with Crippen LogP contribution in [0, 0.1) is 11.8 Å². The summed E-state index contributed by atoms with van der Waals surface area (Å²) in [7, 11) is 2.45. The quantitative estimate of drug-likeness (QED) is 0.674. The lowest BCUT2D eigenvalue weighted by molar-refractivity contribution is -0.209. The van der Waals surface area contributed by atoms with Gasteiger partial charge in [0.05, 0.1) is 18.8 Å². The number of nitrogens with zero attached hydrogens (tertiary/aromatic N) is 1. The second kappa shape index (κ2) is 5.40. The Labute approximate surface area is 119 Å². The van der Waals surface area contributed by atoms with E-state index in [2.05, 4.69) is 26.6 Å². The lowest BCUT2D eigenvalue weighted by Crippen LogP contribution is -2.71. The minimum absolute atomic E-state index is 0.414. The number of hydrogen-bond donors (Lipinski definition) is 0. The molecule has 0 aromatic heterocycles. The zero-order chi connectivity index (χ0) is 13.5. The normalized spacial score (nSPS) is 39.4. The van der Waals surface area contributed by atoms with E-state index < -0.39 is 0 Å². The molecule has 0 bridgehead atoms. The van der Waals surface area contributed by atoms with Crippen molar-refractivity contribution < 1.29 is 4.74 Å². The average molecular weight is 263 g/mol. The van der Waals surface area contributed by atoms with Crippen LogP contribution in [0.5, 0.6) is 0 Å². The molecule has 0 aromatic rings. The van der Waals surface area contributed by atoms with Crippen molar-refractivity contribution >= 4 is 7.85 Å². The first-order chi connectivity index (χ1) is 9.13. The predicted octanol–water partition coefficient (Wildman–Crippen LogP) is 2.49. The molecular formula is C16H30BNO. The van der Waals surface area contributed by atoms with Crippen LogP contribution in [-0.2, 0) is 4.74 Å². The zero-order valence-corrected chi connectivity index (χ0v) is 13.0. The van der Waals surface area contributed by atoms with Crippen molar-refractivity contribution in [2.45, 2.75) is 69.8 Å². The summed E-state index contributed by atoms with van der Waals surface area (Å²) in [4.78, 5) is 2.78. The van der Waals surface area contributed by atoms with E-state index in [-0.39, 0.29) is 0 Å². The van der Waals surface area contributed by atoms with E-state index in [0.29, 0.717) is 11.6 Å². The average Bonchev–Trinajstić information content (AvgIpc) is 2.31. The van der Waals surface area contributed by atoms with Crippen molar-refractivity contribution in [3.63, 3.8) is 0 Å². The van der Waals surface area contributed by atoms with Gasteiger partial charge in [0.1, 0.15) is 7.85 Å². The highest BCUT2D eigenvalue weighted by Gasteiger charge is 2.55. The maximum Gasteiger partial charge on any atom is 0.105 e. The second-order valence-corrected chi connectivity index (χ2v) is 7.65. The molecule has 3 aliphatic rings. The highest BCUT2D eigenvalue weighted by atomic mass is 16.5. The van der Waals surface area contributed by atoms with E-state index >= 15 is 0 Å². The molecule has 2 saturated heterocycles. The van der Waals surface area contributed by atoms with Crippen LogP contribution in [0.3, 0.4) is 0 Å². The van der Waals surface area contributed by atoms with E-state index in [9.17, 15) is 0 Å². The third-order valence-corrected chi connectivity index (χ3v) is 6.14. The molecule has 0 N–H and O–H groups in total. The van der Waals surface area contributed by atoms with Crippen molar-refractivity contribution in [1.82, 2.24) is 4.90 Å².